The molecule has 0 aliphatic carbocycles. The molecule has 2 atom stereocenters. The van der Waals surface area contributed by atoms with Crippen LogP contribution in [0.4, 0.5) is 4.39 Å². The van der Waals surface area contributed by atoms with Gasteiger partial charge in [0.25, 0.3) is 5.91 Å². The summed E-state index contributed by atoms with van der Waals surface area (Å²) in [5, 5.41) is 10.7. The van der Waals surface area contributed by atoms with Crippen LogP contribution in [0.25, 0.3) is 0 Å². The lowest BCUT2D eigenvalue weighted by Crippen LogP contribution is -2.57. The summed E-state index contributed by atoms with van der Waals surface area (Å²) in [5.74, 6) is -0.437. The summed E-state index contributed by atoms with van der Waals surface area (Å²) in [5.41, 5.74) is 1.13. The number of aliphatic hydroxyl groups is 1. The lowest BCUT2D eigenvalue weighted by Gasteiger charge is -2.44. The van der Waals surface area contributed by atoms with Gasteiger partial charge in [0.15, 0.2) is 5.78 Å². The van der Waals surface area contributed by atoms with Crippen molar-refractivity contribution in [2.75, 3.05) is 26.2 Å². The maximum absolute atomic E-state index is 13.1. The van der Waals surface area contributed by atoms with E-state index in [-0.39, 0.29) is 29.5 Å². The molecule has 3 heterocycles. The van der Waals surface area contributed by atoms with Crippen LogP contribution in [0, 0.1) is 11.7 Å². The van der Waals surface area contributed by atoms with Gasteiger partial charge < -0.3 is 10.0 Å². The van der Waals surface area contributed by atoms with Crippen LogP contribution >= 0.6 is 0 Å². The zero-order valence-electron chi connectivity index (χ0n) is 16.8. The molecule has 2 aliphatic heterocycles. The number of aliphatic hydroxyl groups excluding tert-OH is 1. The molecule has 158 valence electrons. The number of β-amino-alcohol motifs (C(OH)–C–C–N with tert-alkyl or cyclic N) is 1. The van der Waals surface area contributed by atoms with E-state index in [0.717, 1.165) is 25.9 Å². The monoisotopic (exact) mass is 411 g/mol. The molecule has 4 rings (SSSR count). The summed E-state index contributed by atoms with van der Waals surface area (Å²) in [4.78, 5) is 33.2. The van der Waals surface area contributed by atoms with Gasteiger partial charge in [-0.3, -0.25) is 19.5 Å². The minimum Gasteiger partial charge on any atom is -0.390 e. The number of nitrogens with zero attached hydrogens (tertiary/aromatic N) is 3. The van der Waals surface area contributed by atoms with E-state index in [4.69, 9.17) is 0 Å². The number of carbonyl (C=O) groups is 2. The van der Waals surface area contributed by atoms with Crippen LogP contribution in [0.15, 0.2) is 48.8 Å². The number of hydrogen-bond donors (Lipinski definition) is 1. The Morgan fingerprint density at radius 1 is 0.933 bits per heavy atom. The molecule has 30 heavy (non-hydrogen) atoms. The summed E-state index contributed by atoms with van der Waals surface area (Å²) in [7, 11) is 0. The molecular formula is C23H26FN3O3. The van der Waals surface area contributed by atoms with Crippen molar-refractivity contribution in [3.05, 3.63) is 65.7 Å². The van der Waals surface area contributed by atoms with Gasteiger partial charge in [0.2, 0.25) is 0 Å². The summed E-state index contributed by atoms with van der Waals surface area (Å²) in [6.07, 6.45) is 4.71. The molecule has 0 saturated carbocycles. The fraction of sp³-hybridized carbons (Fsp3) is 0.435. The van der Waals surface area contributed by atoms with Gasteiger partial charge in [-0.05, 0) is 68.8 Å². The number of carbonyl (C=O) groups excluding carboxylic acids is 2. The van der Waals surface area contributed by atoms with Gasteiger partial charge in [0.05, 0.1) is 6.10 Å². The van der Waals surface area contributed by atoms with Gasteiger partial charge in [-0.15, -0.1) is 0 Å². The molecule has 6 nitrogen and oxygen atoms in total. The van der Waals surface area contributed by atoms with Crippen molar-refractivity contribution in [2.45, 2.75) is 31.4 Å². The lowest BCUT2D eigenvalue weighted by molar-refractivity contribution is -0.0185. The van der Waals surface area contributed by atoms with Gasteiger partial charge in [0.1, 0.15) is 5.82 Å². The Kier molecular flexibility index (Phi) is 6.20. The molecule has 1 amide bonds. The van der Waals surface area contributed by atoms with E-state index in [2.05, 4.69) is 9.88 Å². The molecule has 2 aromatic rings. The molecular weight excluding hydrogens is 385 g/mol. The predicted octanol–water partition coefficient (Wildman–Crippen LogP) is 2.39. The van der Waals surface area contributed by atoms with Gasteiger partial charge in [-0.2, -0.15) is 0 Å². The van der Waals surface area contributed by atoms with E-state index in [1.807, 2.05) is 0 Å². The number of pyridine rings is 1. The van der Waals surface area contributed by atoms with E-state index < -0.39 is 6.10 Å². The second kappa shape index (κ2) is 9.02. The molecule has 2 unspecified atom stereocenters. The van der Waals surface area contributed by atoms with Crippen molar-refractivity contribution in [1.29, 1.82) is 0 Å². The molecule has 1 aromatic carbocycles. The standard InChI is InChI=1S/C23H26FN3O3/c24-19-3-1-16(2-4-19)22(29)17-7-12-26(13-8-17)20-9-14-27(15-21(20)28)23(30)18-5-10-25-11-6-18/h1-6,10-11,17,20-21,28H,7-9,12-15H2. The Balaban J connectivity index is 1.31. The number of rotatable bonds is 4. The number of amides is 1. The molecule has 1 N–H and O–H groups in total. The summed E-state index contributed by atoms with van der Waals surface area (Å²) in [6.45, 7) is 2.37. The number of benzene rings is 1. The lowest BCUT2D eigenvalue weighted by atomic mass is 9.87. The van der Waals surface area contributed by atoms with Crippen molar-refractivity contribution >= 4 is 11.7 Å². The quantitative estimate of drug-likeness (QED) is 0.782. The maximum atomic E-state index is 13.1. The van der Waals surface area contributed by atoms with Crippen molar-refractivity contribution in [2.24, 2.45) is 5.92 Å². The fourth-order valence-electron chi connectivity index (χ4n) is 4.55. The number of piperidine rings is 2. The Hall–Kier alpha value is -2.64. The van der Waals surface area contributed by atoms with Crippen LogP contribution in [-0.2, 0) is 0 Å². The molecule has 2 fully saturated rings. The van der Waals surface area contributed by atoms with E-state index in [0.29, 0.717) is 30.6 Å². The van der Waals surface area contributed by atoms with Crippen LogP contribution < -0.4 is 0 Å². The molecule has 1 aromatic heterocycles. The first-order valence-corrected chi connectivity index (χ1v) is 10.4. The Bertz CT molecular complexity index is 882. The largest absolute Gasteiger partial charge is 0.390 e. The Labute approximate surface area is 175 Å². The third kappa shape index (κ3) is 4.42. The average molecular weight is 411 g/mol. The Morgan fingerprint density at radius 3 is 2.23 bits per heavy atom. The second-order valence-corrected chi connectivity index (χ2v) is 8.09. The van der Waals surface area contributed by atoms with E-state index in [9.17, 15) is 19.1 Å². The molecule has 2 aliphatic rings. The number of halogens is 1. The molecule has 0 radical (unpaired) electrons. The van der Waals surface area contributed by atoms with Crippen LogP contribution in [0.1, 0.15) is 40.0 Å². The number of hydrogen-bond acceptors (Lipinski definition) is 5. The predicted molar refractivity (Wildman–Crippen MR) is 110 cm³/mol. The van der Waals surface area contributed by atoms with Crippen LogP contribution in [0.5, 0.6) is 0 Å². The molecule has 7 heteroatoms. The normalized spacial score (nSPS) is 23.3. The molecule has 2 saturated heterocycles. The van der Waals surface area contributed by atoms with Gasteiger partial charge in [-0.25, -0.2) is 4.39 Å². The SMILES string of the molecule is O=C(c1ccc(F)cc1)C1CCN(C2CCN(C(=O)c3ccncc3)CC2O)CC1. The third-order valence-electron chi connectivity index (χ3n) is 6.26. The van der Waals surface area contributed by atoms with Crippen LogP contribution in [0.2, 0.25) is 0 Å². The maximum Gasteiger partial charge on any atom is 0.254 e. The van der Waals surface area contributed by atoms with Gasteiger partial charge in [0, 0.05) is 48.6 Å². The van der Waals surface area contributed by atoms with E-state index in [1.54, 1.807) is 41.6 Å². The molecule has 0 bridgehead atoms. The first-order chi connectivity index (χ1) is 14.5. The minimum absolute atomic E-state index is 0.00615. The van der Waals surface area contributed by atoms with Gasteiger partial charge in [-0.1, -0.05) is 0 Å². The third-order valence-corrected chi connectivity index (χ3v) is 6.26. The summed E-state index contributed by atoms with van der Waals surface area (Å²) >= 11 is 0. The fourth-order valence-corrected chi connectivity index (χ4v) is 4.55. The topological polar surface area (TPSA) is 73.7 Å². The highest BCUT2D eigenvalue weighted by atomic mass is 19.1. The summed E-state index contributed by atoms with van der Waals surface area (Å²) in [6, 6.07) is 9.09. The van der Waals surface area contributed by atoms with Crippen LogP contribution in [0.3, 0.4) is 0 Å². The van der Waals surface area contributed by atoms with Crippen molar-refractivity contribution < 1.29 is 19.1 Å². The van der Waals surface area contributed by atoms with E-state index in [1.165, 1.54) is 12.1 Å². The van der Waals surface area contributed by atoms with Crippen molar-refractivity contribution in [3.63, 3.8) is 0 Å². The first kappa shape index (κ1) is 20.6. The number of likely N-dealkylation sites (tertiary alicyclic amines) is 2. The Morgan fingerprint density at radius 2 is 1.60 bits per heavy atom. The first-order valence-electron chi connectivity index (χ1n) is 10.4. The van der Waals surface area contributed by atoms with Crippen LogP contribution in [-0.4, -0.2) is 69.9 Å². The smallest absolute Gasteiger partial charge is 0.254 e. The van der Waals surface area contributed by atoms with E-state index >= 15 is 0 Å². The number of aromatic nitrogens is 1. The average Bonchev–Trinajstić information content (AvgIpc) is 2.79. The summed E-state index contributed by atoms with van der Waals surface area (Å²) < 4.78 is 13.1. The second-order valence-electron chi connectivity index (χ2n) is 8.09. The highest BCUT2D eigenvalue weighted by Gasteiger charge is 2.36. The minimum atomic E-state index is -0.617. The van der Waals surface area contributed by atoms with Gasteiger partial charge >= 0.3 is 0 Å². The molecule has 0 spiro atoms. The zero-order chi connectivity index (χ0) is 21.1. The number of ketones is 1. The highest BCUT2D eigenvalue weighted by molar-refractivity contribution is 5.97. The zero-order valence-corrected chi connectivity index (χ0v) is 16.8. The van der Waals surface area contributed by atoms with Crippen molar-refractivity contribution in [3.8, 4) is 0 Å². The number of Topliss-reactive ketones (excluding diaryl/α,β-unsaturated/α-hetero) is 1. The van der Waals surface area contributed by atoms with Crippen molar-refractivity contribution in [1.82, 2.24) is 14.8 Å². The highest BCUT2D eigenvalue weighted by Crippen LogP contribution is 2.27.